The number of thiophene rings is 1. The fourth-order valence-electron chi connectivity index (χ4n) is 4.03. The smallest absolute Gasteiger partial charge is 0.340 e. The molecule has 0 saturated heterocycles. The summed E-state index contributed by atoms with van der Waals surface area (Å²) in [5, 5.41) is 0.408. The van der Waals surface area contributed by atoms with E-state index >= 15 is 0 Å². The van der Waals surface area contributed by atoms with E-state index < -0.39 is 11.8 Å². The maximum Gasteiger partial charge on any atom is 0.340 e. The fourth-order valence-corrected chi connectivity index (χ4v) is 5.15. The SMILES string of the molecule is COC(=O)c1c(C)nc2sc(C(=O)c3ccc(F)cc3)c(N)c2c1-c1cc(OC)c(OC)c(OC)c1. The van der Waals surface area contributed by atoms with E-state index in [2.05, 4.69) is 4.98 Å². The zero-order chi connectivity index (χ0) is 26.1. The predicted octanol–water partition coefficient (Wildman–Crippen LogP) is 5.04. The van der Waals surface area contributed by atoms with Gasteiger partial charge < -0.3 is 24.7 Å². The van der Waals surface area contributed by atoms with Gasteiger partial charge in [0.05, 0.1) is 45.4 Å². The number of nitrogen functional groups attached to an aromatic ring is 1. The zero-order valence-corrected chi connectivity index (χ0v) is 21.0. The van der Waals surface area contributed by atoms with E-state index in [-0.39, 0.29) is 27.5 Å². The maximum absolute atomic E-state index is 13.4. The number of pyridine rings is 1. The summed E-state index contributed by atoms with van der Waals surface area (Å²) in [7, 11) is 5.71. The largest absolute Gasteiger partial charge is 0.493 e. The van der Waals surface area contributed by atoms with Gasteiger partial charge in [-0.25, -0.2) is 14.2 Å². The first-order chi connectivity index (χ1) is 17.2. The molecule has 8 nitrogen and oxygen atoms in total. The van der Waals surface area contributed by atoms with E-state index in [1.54, 1.807) is 19.1 Å². The highest BCUT2D eigenvalue weighted by atomic mass is 32.1. The van der Waals surface area contributed by atoms with Gasteiger partial charge in [-0.15, -0.1) is 11.3 Å². The van der Waals surface area contributed by atoms with Crippen molar-refractivity contribution in [2.45, 2.75) is 6.92 Å². The summed E-state index contributed by atoms with van der Waals surface area (Å²) >= 11 is 1.09. The molecule has 0 bridgehead atoms. The molecule has 2 aromatic carbocycles. The number of fused-ring (bicyclic) bond motifs is 1. The Labute approximate surface area is 210 Å². The number of rotatable bonds is 7. The fraction of sp³-hybridized carbons (Fsp3) is 0.192. The molecular weight excluding hydrogens is 487 g/mol. The van der Waals surface area contributed by atoms with E-state index in [4.69, 9.17) is 24.7 Å². The first-order valence-electron chi connectivity index (χ1n) is 10.7. The molecule has 0 saturated carbocycles. The molecule has 0 spiro atoms. The number of nitrogens with zero attached hydrogens (tertiary/aromatic N) is 1. The number of nitrogens with two attached hydrogens (primary N) is 1. The number of methoxy groups -OCH3 is 4. The van der Waals surface area contributed by atoms with Gasteiger partial charge in [0.2, 0.25) is 11.5 Å². The number of anilines is 1. The molecule has 2 N–H and O–H groups in total. The van der Waals surface area contributed by atoms with Crippen molar-refractivity contribution in [2.24, 2.45) is 0 Å². The molecular formula is C26H23FN2O6S. The van der Waals surface area contributed by atoms with Crippen LogP contribution >= 0.6 is 11.3 Å². The molecule has 10 heteroatoms. The van der Waals surface area contributed by atoms with Crippen LogP contribution in [0.25, 0.3) is 21.3 Å². The lowest BCUT2D eigenvalue weighted by molar-refractivity contribution is 0.0600. The van der Waals surface area contributed by atoms with E-state index in [1.807, 2.05) is 0 Å². The summed E-state index contributed by atoms with van der Waals surface area (Å²) in [5.41, 5.74) is 8.46. The molecule has 0 aliphatic rings. The molecule has 0 unspecified atom stereocenters. The second kappa shape index (κ2) is 9.82. The van der Waals surface area contributed by atoms with E-state index in [9.17, 15) is 14.0 Å². The highest BCUT2D eigenvalue weighted by molar-refractivity contribution is 7.21. The third kappa shape index (κ3) is 4.09. The number of hydrogen-bond donors (Lipinski definition) is 1. The number of hydrogen-bond acceptors (Lipinski definition) is 9. The number of aryl methyl sites for hydroxylation is 1. The topological polar surface area (TPSA) is 110 Å². The Morgan fingerprint density at radius 3 is 2.11 bits per heavy atom. The Balaban J connectivity index is 2.08. The normalized spacial score (nSPS) is 10.8. The first-order valence-corrected chi connectivity index (χ1v) is 11.5. The molecule has 0 radical (unpaired) electrons. The Kier molecular flexibility index (Phi) is 6.80. The van der Waals surface area contributed by atoms with Gasteiger partial charge in [-0.3, -0.25) is 4.79 Å². The summed E-state index contributed by atoms with van der Waals surface area (Å²) in [6.45, 7) is 1.67. The van der Waals surface area contributed by atoms with Gasteiger partial charge >= 0.3 is 5.97 Å². The van der Waals surface area contributed by atoms with Crippen LogP contribution in [0.2, 0.25) is 0 Å². The quantitative estimate of drug-likeness (QED) is 0.272. The van der Waals surface area contributed by atoms with Crippen molar-refractivity contribution in [3.05, 3.63) is 63.9 Å². The number of ketones is 1. The van der Waals surface area contributed by atoms with E-state index in [0.717, 1.165) is 11.3 Å². The number of benzene rings is 2. The lowest BCUT2D eigenvalue weighted by Gasteiger charge is -2.17. The van der Waals surface area contributed by atoms with Crippen LogP contribution in [0.1, 0.15) is 31.3 Å². The van der Waals surface area contributed by atoms with Crippen molar-refractivity contribution in [3.63, 3.8) is 0 Å². The van der Waals surface area contributed by atoms with Crippen LogP contribution in [-0.4, -0.2) is 45.2 Å². The van der Waals surface area contributed by atoms with Gasteiger partial charge in [0.15, 0.2) is 11.5 Å². The van der Waals surface area contributed by atoms with Gasteiger partial charge in [-0.05, 0) is 48.9 Å². The average Bonchev–Trinajstić information content (AvgIpc) is 3.21. The summed E-state index contributed by atoms with van der Waals surface area (Å²) in [6, 6.07) is 8.55. The first kappa shape index (κ1) is 24.9. The lowest BCUT2D eigenvalue weighted by Crippen LogP contribution is -2.09. The minimum Gasteiger partial charge on any atom is -0.493 e. The van der Waals surface area contributed by atoms with Gasteiger partial charge in [-0.1, -0.05) is 0 Å². The van der Waals surface area contributed by atoms with Crippen molar-refractivity contribution >= 4 is 39.0 Å². The molecule has 0 atom stereocenters. The summed E-state index contributed by atoms with van der Waals surface area (Å²) < 4.78 is 34.9. The number of carbonyl (C=O) groups is 2. The summed E-state index contributed by atoms with van der Waals surface area (Å²) in [4.78, 5) is 31.4. The minimum atomic E-state index is -0.623. The number of aromatic nitrogens is 1. The van der Waals surface area contributed by atoms with Crippen LogP contribution in [0.15, 0.2) is 36.4 Å². The summed E-state index contributed by atoms with van der Waals surface area (Å²) in [6.07, 6.45) is 0. The molecule has 0 fully saturated rings. The van der Waals surface area contributed by atoms with Crippen molar-refractivity contribution in [3.8, 4) is 28.4 Å². The zero-order valence-electron chi connectivity index (χ0n) is 20.2. The molecule has 4 aromatic rings. The molecule has 0 aliphatic carbocycles. The minimum absolute atomic E-state index is 0.144. The molecule has 36 heavy (non-hydrogen) atoms. The van der Waals surface area contributed by atoms with Crippen molar-refractivity contribution in [2.75, 3.05) is 34.2 Å². The van der Waals surface area contributed by atoms with Crippen molar-refractivity contribution < 1.29 is 32.9 Å². The molecule has 186 valence electrons. The van der Waals surface area contributed by atoms with E-state index in [1.165, 1.54) is 52.7 Å². The molecule has 2 aromatic heterocycles. The molecule has 2 heterocycles. The van der Waals surface area contributed by atoms with Gasteiger partial charge in [0, 0.05) is 16.5 Å². The van der Waals surface area contributed by atoms with Crippen LogP contribution in [0.5, 0.6) is 17.2 Å². The third-order valence-electron chi connectivity index (χ3n) is 5.71. The van der Waals surface area contributed by atoms with Gasteiger partial charge in [-0.2, -0.15) is 0 Å². The van der Waals surface area contributed by atoms with Crippen LogP contribution in [-0.2, 0) is 4.74 Å². The van der Waals surface area contributed by atoms with Crippen LogP contribution in [0.3, 0.4) is 0 Å². The van der Waals surface area contributed by atoms with E-state index in [0.29, 0.717) is 44.3 Å². The number of carbonyl (C=O) groups excluding carboxylic acids is 2. The molecule has 4 rings (SSSR count). The molecule has 0 aliphatic heterocycles. The van der Waals surface area contributed by atoms with Gasteiger partial charge in [0.1, 0.15) is 15.5 Å². The highest BCUT2D eigenvalue weighted by Gasteiger charge is 2.28. The van der Waals surface area contributed by atoms with Gasteiger partial charge in [0.25, 0.3) is 0 Å². The van der Waals surface area contributed by atoms with Crippen molar-refractivity contribution in [1.82, 2.24) is 4.98 Å². The highest BCUT2D eigenvalue weighted by Crippen LogP contribution is 2.47. The Bertz CT molecular complexity index is 1470. The summed E-state index contributed by atoms with van der Waals surface area (Å²) in [5.74, 6) is -0.369. The monoisotopic (exact) mass is 510 g/mol. The Morgan fingerprint density at radius 1 is 0.972 bits per heavy atom. The number of halogens is 1. The second-order valence-corrected chi connectivity index (χ2v) is 8.71. The van der Waals surface area contributed by atoms with Crippen LogP contribution in [0, 0.1) is 12.7 Å². The standard InChI is InChI=1S/C26H23FN2O6S/c1-12-18(26(31)35-5)19(14-10-16(32-2)23(34-4)17(11-14)33-3)20-21(28)24(36-25(20)29-12)22(30)13-6-8-15(27)9-7-13/h6-11H,28H2,1-5H3. The average molecular weight is 511 g/mol. The Hall–Kier alpha value is -4.18. The number of ether oxygens (including phenoxy) is 4. The third-order valence-corrected chi connectivity index (χ3v) is 6.81. The van der Waals surface area contributed by atoms with Crippen LogP contribution < -0.4 is 19.9 Å². The lowest BCUT2D eigenvalue weighted by atomic mass is 9.94. The van der Waals surface area contributed by atoms with Crippen LogP contribution in [0.4, 0.5) is 10.1 Å². The number of esters is 1. The van der Waals surface area contributed by atoms with Crippen molar-refractivity contribution in [1.29, 1.82) is 0 Å². The second-order valence-electron chi connectivity index (χ2n) is 7.71. The predicted molar refractivity (Wildman–Crippen MR) is 135 cm³/mol. The Morgan fingerprint density at radius 2 is 1.58 bits per heavy atom. The maximum atomic E-state index is 13.4. The molecule has 0 amide bonds.